The molecule has 0 bridgehead atoms. The third-order valence-electron chi connectivity index (χ3n) is 5.83. The summed E-state index contributed by atoms with van der Waals surface area (Å²) < 4.78 is 13.9. The van der Waals surface area contributed by atoms with Crippen LogP contribution in [-0.4, -0.2) is 32.2 Å². The minimum Gasteiger partial charge on any atom is -0.497 e. The third-order valence-corrected chi connectivity index (χ3v) is 5.83. The molecule has 0 unspecified atom stereocenters. The van der Waals surface area contributed by atoms with Crippen LogP contribution in [0.1, 0.15) is 16.8 Å². The number of nitrogens with zero attached hydrogens (tertiary/aromatic N) is 4. The molecule has 37 heavy (non-hydrogen) atoms. The second-order valence-electron chi connectivity index (χ2n) is 8.35. The van der Waals surface area contributed by atoms with Gasteiger partial charge in [-0.3, -0.25) is 9.20 Å². The lowest BCUT2D eigenvalue weighted by Crippen LogP contribution is -2.17. The molecule has 0 spiro atoms. The van der Waals surface area contributed by atoms with E-state index in [4.69, 9.17) is 14.6 Å². The predicted molar refractivity (Wildman–Crippen MR) is 141 cm³/mol. The molecular formula is C29H24N4O4. The molecule has 5 rings (SSSR count). The fraction of sp³-hybridized carbons (Fsp3) is 0.103. The molecule has 0 radical (unpaired) electrons. The first-order valence-electron chi connectivity index (χ1n) is 11.6. The van der Waals surface area contributed by atoms with Gasteiger partial charge in [-0.1, -0.05) is 24.3 Å². The van der Waals surface area contributed by atoms with Crippen LogP contribution in [0.25, 0.3) is 28.7 Å². The molecule has 0 N–H and O–H groups in total. The summed E-state index contributed by atoms with van der Waals surface area (Å²) in [6, 6.07) is 22.3. The van der Waals surface area contributed by atoms with Crippen LogP contribution < -0.4 is 10.3 Å². The van der Waals surface area contributed by atoms with E-state index in [0.717, 1.165) is 28.1 Å². The van der Waals surface area contributed by atoms with Crippen molar-refractivity contribution in [2.45, 2.75) is 13.5 Å². The number of hydrogen-bond donors (Lipinski definition) is 0. The fourth-order valence-corrected chi connectivity index (χ4v) is 3.93. The van der Waals surface area contributed by atoms with Crippen LogP contribution in [0, 0.1) is 6.92 Å². The van der Waals surface area contributed by atoms with Gasteiger partial charge < -0.3 is 9.47 Å². The normalized spacial score (nSPS) is 11.2. The van der Waals surface area contributed by atoms with Gasteiger partial charge in [-0.2, -0.15) is 5.10 Å². The molecule has 8 heteroatoms. The van der Waals surface area contributed by atoms with Gasteiger partial charge in [-0.15, -0.1) is 0 Å². The summed E-state index contributed by atoms with van der Waals surface area (Å²) in [5.74, 6) is 0.184. The maximum atomic E-state index is 12.5. The number of carbonyl (C=O) groups excluding carboxylic acids is 1. The van der Waals surface area contributed by atoms with Gasteiger partial charge in [-0.05, 0) is 61.0 Å². The summed E-state index contributed by atoms with van der Waals surface area (Å²) in [5, 5.41) is 4.75. The van der Waals surface area contributed by atoms with Crippen LogP contribution in [0.4, 0.5) is 0 Å². The van der Waals surface area contributed by atoms with Crippen molar-refractivity contribution in [1.82, 2.24) is 19.2 Å². The molecule has 184 valence electrons. The van der Waals surface area contributed by atoms with Crippen molar-refractivity contribution in [2.75, 3.05) is 7.11 Å². The third kappa shape index (κ3) is 5.18. The Morgan fingerprint density at radius 3 is 2.57 bits per heavy atom. The smallest absolute Gasteiger partial charge is 0.331 e. The molecule has 0 atom stereocenters. The summed E-state index contributed by atoms with van der Waals surface area (Å²) in [4.78, 5) is 29.4. The quantitative estimate of drug-likeness (QED) is 0.243. The van der Waals surface area contributed by atoms with Crippen molar-refractivity contribution in [1.29, 1.82) is 0 Å². The van der Waals surface area contributed by atoms with Crippen molar-refractivity contribution >= 4 is 17.7 Å². The minimum absolute atomic E-state index is 0.113. The van der Waals surface area contributed by atoms with Crippen LogP contribution in [0.2, 0.25) is 0 Å². The van der Waals surface area contributed by atoms with Crippen LogP contribution in [0.15, 0.2) is 96.1 Å². The van der Waals surface area contributed by atoms with E-state index in [0.29, 0.717) is 17.0 Å². The number of methoxy groups -OCH3 is 1. The predicted octanol–water partition coefficient (Wildman–Crippen LogP) is 4.62. The Balaban J connectivity index is 1.38. The van der Waals surface area contributed by atoms with Gasteiger partial charge in [-0.25, -0.2) is 14.5 Å². The average Bonchev–Trinajstić information content (AvgIpc) is 3.36. The number of benzene rings is 2. The van der Waals surface area contributed by atoms with Gasteiger partial charge >= 0.3 is 5.97 Å². The second kappa shape index (κ2) is 10.3. The summed E-state index contributed by atoms with van der Waals surface area (Å²) in [7, 11) is 1.62. The van der Waals surface area contributed by atoms with E-state index in [1.807, 2.05) is 73.8 Å². The molecule has 0 fully saturated rings. The molecule has 0 aliphatic heterocycles. The first kappa shape index (κ1) is 23.7. The molecule has 8 nitrogen and oxygen atoms in total. The number of hydrogen-bond acceptors (Lipinski definition) is 6. The molecule has 0 amide bonds. The zero-order valence-electron chi connectivity index (χ0n) is 20.4. The highest BCUT2D eigenvalue weighted by molar-refractivity contribution is 5.88. The maximum Gasteiger partial charge on any atom is 0.331 e. The molecule has 0 aliphatic carbocycles. The summed E-state index contributed by atoms with van der Waals surface area (Å²) in [6.45, 7) is 1.76. The van der Waals surface area contributed by atoms with E-state index in [2.05, 4.69) is 4.98 Å². The number of ether oxygens (including phenoxy) is 2. The fourth-order valence-electron chi connectivity index (χ4n) is 3.93. The zero-order chi connectivity index (χ0) is 25.8. The van der Waals surface area contributed by atoms with E-state index in [1.165, 1.54) is 16.5 Å². The van der Waals surface area contributed by atoms with Crippen LogP contribution in [-0.2, 0) is 16.1 Å². The second-order valence-corrected chi connectivity index (χ2v) is 8.35. The van der Waals surface area contributed by atoms with Crippen molar-refractivity contribution in [2.24, 2.45) is 0 Å². The number of fused-ring (bicyclic) bond motifs is 1. The van der Waals surface area contributed by atoms with Crippen LogP contribution in [0.5, 0.6) is 5.75 Å². The SMILES string of the molecule is COc1ccc(-c2nn(-c3ccccc3)cc2/C=C/C(=O)OCc2cc(=O)n3cccc(C)c3n2)cc1. The summed E-state index contributed by atoms with van der Waals surface area (Å²) in [6.07, 6.45) is 6.53. The Morgan fingerprint density at radius 2 is 1.81 bits per heavy atom. The van der Waals surface area contributed by atoms with Gasteiger partial charge in [0.05, 0.1) is 24.2 Å². The number of esters is 1. The van der Waals surface area contributed by atoms with Crippen LogP contribution in [0.3, 0.4) is 0 Å². The highest BCUT2D eigenvalue weighted by Crippen LogP contribution is 2.26. The van der Waals surface area contributed by atoms with Gasteiger partial charge in [0.15, 0.2) is 0 Å². The van der Waals surface area contributed by atoms with E-state index in [1.54, 1.807) is 30.1 Å². The van der Waals surface area contributed by atoms with Gasteiger partial charge in [0.25, 0.3) is 5.56 Å². The lowest BCUT2D eigenvalue weighted by molar-refractivity contribution is -0.139. The largest absolute Gasteiger partial charge is 0.497 e. The maximum absolute atomic E-state index is 12.5. The van der Waals surface area contributed by atoms with E-state index in [9.17, 15) is 9.59 Å². The van der Waals surface area contributed by atoms with Crippen LogP contribution >= 0.6 is 0 Å². The Morgan fingerprint density at radius 1 is 1.03 bits per heavy atom. The van der Waals surface area contributed by atoms with Crippen molar-refractivity contribution in [3.05, 3.63) is 118 Å². The lowest BCUT2D eigenvalue weighted by atomic mass is 10.1. The van der Waals surface area contributed by atoms with E-state index in [-0.39, 0.29) is 12.2 Å². The summed E-state index contributed by atoms with van der Waals surface area (Å²) >= 11 is 0. The topological polar surface area (TPSA) is 87.7 Å². The monoisotopic (exact) mass is 492 g/mol. The number of carbonyl (C=O) groups is 1. The highest BCUT2D eigenvalue weighted by atomic mass is 16.5. The number of aryl methyl sites for hydroxylation is 1. The first-order chi connectivity index (χ1) is 18.0. The Bertz CT molecular complexity index is 1650. The van der Waals surface area contributed by atoms with E-state index < -0.39 is 5.97 Å². The Hall–Kier alpha value is -4.98. The first-order valence-corrected chi connectivity index (χ1v) is 11.6. The molecule has 2 aromatic carbocycles. The lowest BCUT2D eigenvalue weighted by Gasteiger charge is -2.06. The number of para-hydroxylation sites is 1. The number of aromatic nitrogens is 4. The van der Waals surface area contributed by atoms with Gasteiger partial charge in [0.2, 0.25) is 0 Å². The highest BCUT2D eigenvalue weighted by Gasteiger charge is 2.12. The molecule has 3 heterocycles. The van der Waals surface area contributed by atoms with Gasteiger partial charge in [0.1, 0.15) is 18.0 Å². The Labute approximate surface area is 213 Å². The average molecular weight is 493 g/mol. The standard InChI is InChI=1S/C29H24N4O4/c1-20-7-6-16-32-26(34)17-23(30-29(20)32)19-37-27(35)15-12-22-18-33(24-8-4-3-5-9-24)31-28(22)21-10-13-25(36-2)14-11-21/h3-18H,19H2,1-2H3/b15-12+. The zero-order valence-corrected chi connectivity index (χ0v) is 20.4. The van der Waals surface area contributed by atoms with Crippen molar-refractivity contribution in [3.63, 3.8) is 0 Å². The van der Waals surface area contributed by atoms with E-state index >= 15 is 0 Å². The minimum atomic E-state index is -0.556. The molecule has 0 saturated carbocycles. The molecule has 0 saturated heterocycles. The molecular weight excluding hydrogens is 468 g/mol. The van der Waals surface area contributed by atoms with Crippen molar-refractivity contribution in [3.8, 4) is 22.7 Å². The summed E-state index contributed by atoms with van der Waals surface area (Å²) in [5.41, 5.74) is 4.76. The number of pyridine rings is 1. The Kier molecular flexibility index (Phi) is 6.63. The molecule has 5 aromatic rings. The number of rotatable bonds is 7. The molecule has 3 aromatic heterocycles. The molecule has 0 aliphatic rings. The van der Waals surface area contributed by atoms with Gasteiger partial charge in [0, 0.05) is 35.7 Å². The van der Waals surface area contributed by atoms with Crippen molar-refractivity contribution < 1.29 is 14.3 Å².